The van der Waals surface area contributed by atoms with Gasteiger partial charge in [-0.3, -0.25) is 0 Å². The van der Waals surface area contributed by atoms with Crippen molar-refractivity contribution in [2.24, 2.45) is 0 Å². The van der Waals surface area contributed by atoms with Crippen LogP contribution >= 0.6 is 11.3 Å². The van der Waals surface area contributed by atoms with Crippen LogP contribution in [0.4, 0.5) is 11.6 Å². The lowest BCUT2D eigenvalue weighted by molar-refractivity contribution is 0.787. The first-order valence-corrected chi connectivity index (χ1v) is 6.64. The van der Waals surface area contributed by atoms with Crippen molar-refractivity contribution < 1.29 is 0 Å². The van der Waals surface area contributed by atoms with E-state index in [1.807, 2.05) is 25.2 Å². The maximum Gasteiger partial charge on any atom is 0.128 e. The summed E-state index contributed by atoms with van der Waals surface area (Å²) < 4.78 is 0. The van der Waals surface area contributed by atoms with Crippen LogP contribution in [-0.2, 0) is 6.42 Å². The summed E-state index contributed by atoms with van der Waals surface area (Å²) in [5.41, 5.74) is 1.37. The average Bonchev–Trinajstić information content (AvgIpc) is 2.82. The van der Waals surface area contributed by atoms with Crippen LogP contribution in [-0.4, -0.2) is 18.1 Å². The number of hydrogen-bond donors (Lipinski definition) is 2. The van der Waals surface area contributed by atoms with Gasteiger partial charge in [-0.15, -0.1) is 0 Å². The van der Waals surface area contributed by atoms with Gasteiger partial charge in [-0.1, -0.05) is 6.07 Å². The number of nitrogens with zero attached hydrogens (tertiary/aromatic N) is 1. The van der Waals surface area contributed by atoms with Crippen LogP contribution in [0.15, 0.2) is 35.0 Å². The molecule has 0 aliphatic heterocycles. The van der Waals surface area contributed by atoms with Gasteiger partial charge in [0.2, 0.25) is 0 Å². The van der Waals surface area contributed by atoms with Crippen molar-refractivity contribution in [1.29, 1.82) is 0 Å². The van der Waals surface area contributed by atoms with Gasteiger partial charge in [0.05, 0.1) is 0 Å². The highest BCUT2D eigenvalue weighted by atomic mass is 32.1. The van der Waals surface area contributed by atoms with Crippen LogP contribution in [0.3, 0.4) is 0 Å². The zero-order chi connectivity index (χ0) is 12.1. The predicted octanol–water partition coefficient (Wildman–Crippen LogP) is 3.23. The second kappa shape index (κ2) is 5.68. The van der Waals surface area contributed by atoms with E-state index < -0.39 is 0 Å². The summed E-state index contributed by atoms with van der Waals surface area (Å²) in [6, 6.07) is 8.49. The van der Waals surface area contributed by atoms with E-state index in [-0.39, 0.29) is 0 Å². The van der Waals surface area contributed by atoms with E-state index in [1.54, 1.807) is 11.3 Å². The Morgan fingerprint density at radius 2 is 2.12 bits per heavy atom. The van der Waals surface area contributed by atoms with Crippen molar-refractivity contribution in [1.82, 2.24) is 4.98 Å². The number of hydrogen-bond acceptors (Lipinski definition) is 4. The van der Waals surface area contributed by atoms with Gasteiger partial charge in [-0.25, -0.2) is 4.98 Å². The summed E-state index contributed by atoms with van der Waals surface area (Å²) in [5, 5.41) is 10.7. The fourth-order valence-corrected chi connectivity index (χ4v) is 2.40. The Labute approximate surface area is 106 Å². The van der Waals surface area contributed by atoms with Crippen LogP contribution in [0.25, 0.3) is 0 Å². The van der Waals surface area contributed by atoms with Gasteiger partial charge in [-0.05, 0) is 47.9 Å². The third-order valence-corrected chi connectivity index (χ3v) is 3.25. The lowest BCUT2D eigenvalue weighted by Gasteiger charge is -2.14. The molecule has 2 aromatic heterocycles. The molecule has 2 rings (SSSR count). The molecule has 2 heterocycles. The molecule has 0 aromatic carbocycles. The Morgan fingerprint density at radius 3 is 2.82 bits per heavy atom. The maximum atomic E-state index is 4.44. The van der Waals surface area contributed by atoms with Gasteiger partial charge >= 0.3 is 0 Å². The summed E-state index contributed by atoms with van der Waals surface area (Å²) in [6.07, 6.45) is 1.02. The van der Waals surface area contributed by atoms with Crippen molar-refractivity contribution in [2.45, 2.75) is 19.4 Å². The highest BCUT2D eigenvalue weighted by molar-refractivity contribution is 7.07. The molecule has 0 aliphatic carbocycles. The van der Waals surface area contributed by atoms with Crippen LogP contribution in [0.1, 0.15) is 12.5 Å². The number of anilines is 2. The Kier molecular flexibility index (Phi) is 3.98. The molecule has 4 heteroatoms. The number of pyridine rings is 1. The van der Waals surface area contributed by atoms with E-state index in [0.29, 0.717) is 6.04 Å². The molecule has 1 unspecified atom stereocenters. The first-order valence-electron chi connectivity index (χ1n) is 5.70. The highest BCUT2D eigenvalue weighted by Gasteiger charge is 2.05. The fourth-order valence-electron chi connectivity index (χ4n) is 1.72. The number of rotatable bonds is 5. The topological polar surface area (TPSA) is 37.0 Å². The molecule has 0 saturated heterocycles. The van der Waals surface area contributed by atoms with Gasteiger partial charge in [0.1, 0.15) is 11.6 Å². The molecule has 3 nitrogen and oxygen atoms in total. The van der Waals surface area contributed by atoms with Gasteiger partial charge in [-0.2, -0.15) is 11.3 Å². The molecule has 0 saturated carbocycles. The summed E-state index contributed by atoms with van der Waals surface area (Å²) >= 11 is 1.74. The Balaban J connectivity index is 1.95. The number of nitrogens with one attached hydrogen (secondary N) is 2. The van der Waals surface area contributed by atoms with E-state index >= 15 is 0 Å². The Morgan fingerprint density at radius 1 is 1.29 bits per heavy atom. The average molecular weight is 247 g/mol. The molecule has 1 atom stereocenters. The minimum Gasteiger partial charge on any atom is -0.373 e. The molecule has 0 aliphatic rings. The van der Waals surface area contributed by atoms with Crippen LogP contribution in [0.2, 0.25) is 0 Å². The third kappa shape index (κ3) is 3.46. The third-order valence-electron chi connectivity index (χ3n) is 2.52. The zero-order valence-corrected chi connectivity index (χ0v) is 10.9. The first-order chi connectivity index (χ1) is 8.28. The molecular weight excluding hydrogens is 230 g/mol. The first kappa shape index (κ1) is 11.9. The van der Waals surface area contributed by atoms with Crippen LogP contribution < -0.4 is 10.6 Å². The summed E-state index contributed by atoms with van der Waals surface area (Å²) in [5.74, 6) is 1.80. The largest absolute Gasteiger partial charge is 0.373 e. The second-order valence-corrected chi connectivity index (χ2v) is 4.82. The van der Waals surface area contributed by atoms with E-state index in [9.17, 15) is 0 Å². The number of aromatic nitrogens is 1. The van der Waals surface area contributed by atoms with Gasteiger partial charge in [0, 0.05) is 13.1 Å². The van der Waals surface area contributed by atoms with Crippen LogP contribution in [0.5, 0.6) is 0 Å². The lowest BCUT2D eigenvalue weighted by Crippen LogP contribution is -2.18. The molecule has 0 fully saturated rings. The quantitative estimate of drug-likeness (QED) is 0.851. The SMILES string of the molecule is CNc1cccc(NC(C)Cc2ccsc2)n1. The second-order valence-electron chi connectivity index (χ2n) is 4.04. The van der Waals surface area contributed by atoms with E-state index in [0.717, 1.165) is 18.1 Å². The molecule has 17 heavy (non-hydrogen) atoms. The lowest BCUT2D eigenvalue weighted by atomic mass is 10.1. The molecule has 2 N–H and O–H groups in total. The van der Waals surface area contributed by atoms with E-state index in [2.05, 4.69) is 39.4 Å². The van der Waals surface area contributed by atoms with Crippen molar-refractivity contribution in [3.8, 4) is 0 Å². The minimum atomic E-state index is 0.379. The van der Waals surface area contributed by atoms with Crippen molar-refractivity contribution in [3.63, 3.8) is 0 Å². The van der Waals surface area contributed by atoms with Crippen molar-refractivity contribution in [2.75, 3.05) is 17.7 Å². The molecule has 90 valence electrons. The van der Waals surface area contributed by atoms with Gasteiger partial charge < -0.3 is 10.6 Å². The zero-order valence-electron chi connectivity index (χ0n) is 10.1. The summed E-state index contributed by atoms with van der Waals surface area (Å²) in [4.78, 5) is 4.44. The minimum absolute atomic E-state index is 0.379. The predicted molar refractivity (Wildman–Crippen MR) is 74.9 cm³/mol. The van der Waals surface area contributed by atoms with E-state index in [4.69, 9.17) is 0 Å². The summed E-state index contributed by atoms with van der Waals surface area (Å²) in [7, 11) is 1.88. The summed E-state index contributed by atoms with van der Waals surface area (Å²) in [6.45, 7) is 2.17. The fraction of sp³-hybridized carbons (Fsp3) is 0.308. The molecule has 2 aromatic rings. The smallest absolute Gasteiger partial charge is 0.128 e. The molecule has 0 amide bonds. The number of thiophene rings is 1. The standard InChI is InChI=1S/C13H17N3S/c1-10(8-11-6-7-17-9-11)15-13-5-3-4-12(14-2)16-13/h3-7,9-10H,8H2,1-2H3,(H2,14,15,16). The van der Waals surface area contributed by atoms with Crippen LogP contribution in [0, 0.1) is 0 Å². The monoisotopic (exact) mass is 247 g/mol. The normalized spacial score (nSPS) is 12.1. The van der Waals surface area contributed by atoms with Gasteiger partial charge in [0.25, 0.3) is 0 Å². The molecular formula is C13H17N3S. The van der Waals surface area contributed by atoms with Crippen molar-refractivity contribution in [3.05, 3.63) is 40.6 Å². The Bertz CT molecular complexity index is 453. The molecule has 0 bridgehead atoms. The molecule has 0 spiro atoms. The molecule has 0 radical (unpaired) electrons. The van der Waals surface area contributed by atoms with E-state index in [1.165, 1.54) is 5.56 Å². The van der Waals surface area contributed by atoms with Crippen molar-refractivity contribution >= 4 is 23.0 Å². The Hall–Kier alpha value is -1.55. The highest BCUT2D eigenvalue weighted by Crippen LogP contribution is 2.13. The maximum absolute atomic E-state index is 4.44. The van der Waals surface area contributed by atoms with Gasteiger partial charge in [0.15, 0.2) is 0 Å².